The van der Waals surface area contributed by atoms with Crippen LogP contribution in [0.1, 0.15) is 30.4 Å². The summed E-state index contributed by atoms with van der Waals surface area (Å²) in [6, 6.07) is 15.4. The van der Waals surface area contributed by atoms with Crippen molar-refractivity contribution >= 4 is 17.3 Å². The molecule has 3 N–H and O–H groups in total. The van der Waals surface area contributed by atoms with Gasteiger partial charge in [-0.3, -0.25) is 4.79 Å². The van der Waals surface area contributed by atoms with Crippen molar-refractivity contribution in [3.8, 4) is 0 Å². The number of carbonyl (C=O) groups is 1. The SMILES string of the molecule is CCC(C(=O)Nc1cccc(N)c1C)c1ccccc1. The van der Waals surface area contributed by atoms with Crippen molar-refractivity contribution in [1.82, 2.24) is 0 Å². The minimum absolute atomic E-state index is 0.00685. The Labute approximate surface area is 119 Å². The molecule has 0 aromatic heterocycles. The molecule has 0 fully saturated rings. The molecular weight excluding hydrogens is 248 g/mol. The highest BCUT2D eigenvalue weighted by Gasteiger charge is 2.19. The zero-order valence-corrected chi connectivity index (χ0v) is 11.9. The van der Waals surface area contributed by atoms with E-state index in [0.29, 0.717) is 5.69 Å². The van der Waals surface area contributed by atoms with Crippen LogP contribution >= 0.6 is 0 Å². The molecule has 1 amide bonds. The standard InChI is InChI=1S/C17H20N2O/c1-3-14(13-8-5-4-6-9-13)17(20)19-16-11-7-10-15(18)12(16)2/h4-11,14H,3,18H2,1-2H3,(H,19,20). The predicted octanol–water partition coefficient (Wildman–Crippen LogP) is 3.71. The summed E-state index contributed by atoms with van der Waals surface area (Å²) in [4.78, 5) is 12.5. The molecule has 104 valence electrons. The first-order chi connectivity index (χ1) is 9.63. The van der Waals surface area contributed by atoms with Gasteiger partial charge in [0.25, 0.3) is 0 Å². The van der Waals surface area contributed by atoms with E-state index < -0.39 is 0 Å². The van der Waals surface area contributed by atoms with Gasteiger partial charge in [0.2, 0.25) is 5.91 Å². The summed E-state index contributed by atoms with van der Waals surface area (Å²) in [5.74, 6) is -0.135. The lowest BCUT2D eigenvalue weighted by molar-refractivity contribution is -0.117. The molecule has 2 aromatic rings. The fraction of sp³-hybridized carbons (Fsp3) is 0.235. The number of carbonyl (C=O) groups excluding carboxylic acids is 1. The molecule has 2 rings (SSSR count). The van der Waals surface area contributed by atoms with Gasteiger partial charge < -0.3 is 11.1 Å². The zero-order chi connectivity index (χ0) is 14.5. The molecule has 1 atom stereocenters. The average molecular weight is 268 g/mol. The van der Waals surface area contributed by atoms with Crippen LogP contribution in [0.15, 0.2) is 48.5 Å². The molecule has 2 aromatic carbocycles. The van der Waals surface area contributed by atoms with Gasteiger partial charge in [-0.1, -0.05) is 43.3 Å². The fourth-order valence-corrected chi connectivity index (χ4v) is 2.27. The minimum atomic E-state index is -0.142. The Morgan fingerprint density at radius 1 is 1.15 bits per heavy atom. The third kappa shape index (κ3) is 2.99. The normalized spacial score (nSPS) is 11.9. The highest BCUT2D eigenvalue weighted by atomic mass is 16.1. The Balaban J connectivity index is 2.20. The van der Waals surface area contributed by atoms with Gasteiger partial charge in [-0.05, 0) is 36.6 Å². The number of nitrogens with one attached hydrogen (secondary N) is 1. The summed E-state index contributed by atoms with van der Waals surface area (Å²) in [5, 5.41) is 2.98. The maximum atomic E-state index is 12.5. The van der Waals surface area contributed by atoms with Gasteiger partial charge in [-0.25, -0.2) is 0 Å². The summed E-state index contributed by atoms with van der Waals surface area (Å²) in [6.07, 6.45) is 0.761. The first-order valence-electron chi connectivity index (χ1n) is 6.84. The molecule has 0 aliphatic rings. The van der Waals surface area contributed by atoms with Gasteiger partial charge in [0.05, 0.1) is 5.92 Å². The Hall–Kier alpha value is -2.29. The van der Waals surface area contributed by atoms with E-state index in [9.17, 15) is 4.79 Å². The number of hydrogen-bond acceptors (Lipinski definition) is 2. The van der Waals surface area contributed by atoms with Crippen LogP contribution < -0.4 is 11.1 Å². The topological polar surface area (TPSA) is 55.1 Å². The van der Waals surface area contributed by atoms with Gasteiger partial charge in [0.1, 0.15) is 0 Å². The van der Waals surface area contributed by atoms with Crippen LogP contribution in [0.3, 0.4) is 0 Å². The van der Waals surface area contributed by atoms with Crippen LogP contribution in [-0.4, -0.2) is 5.91 Å². The minimum Gasteiger partial charge on any atom is -0.398 e. The van der Waals surface area contributed by atoms with Gasteiger partial charge in [-0.15, -0.1) is 0 Å². The molecule has 0 aliphatic carbocycles. The van der Waals surface area contributed by atoms with E-state index in [1.165, 1.54) is 0 Å². The van der Waals surface area contributed by atoms with E-state index in [4.69, 9.17) is 5.73 Å². The smallest absolute Gasteiger partial charge is 0.231 e. The second-order valence-corrected chi connectivity index (χ2v) is 4.88. The van der Waals surface area contributed by atoms with Crippen molar-refractivity contribution in [2.45, 2.75) is 26.2 Å². The number of hydrogen-bond donors (Lipinski definition) is 2. The number of benzene rings is 2. The molecule has 20 heavy (non-hydrogen) atoms. The summed E-state index contributed by atoms with van der Waals surface area (Å²) in [7, 11) is 0. The summed E-state index contributed by atoms with van der Waals surface area (Å²) in [5.41, 5.74) is 9.28. The van der Waals surface area contributed by atoms with Crippen molar-refractivity contribution in [3.63, 3.8) is 0 Å². The summed E-state index contributed by atoms with van der Waals surface area (Å²) in [6.45, 7) is 3.93. The van der Waals surface area contributed by atoms with Crippen molar-refractivity contribution in [2.24, 2.45) is 0 Å². The molecule has 0 saturated heterocycles. The summed E-state index contributed by atoms with van der Waals surface area (Å²) < 4.78 is 0. The number of amides is 1. The number of nitrogen functional groups attached to an aromatic ring is 1. The van der Waals surface area contributed by atoms with Gasteiger partial charge in [0, 0.05) is 11.4 Å². The van der Waals surface area contributed by atoms with Crippen LogP contribution in [-0.2, 0) is 4.79 Å². The Morgan fingerprint density at radius 2 is 1.85 bits per heavy atom. The molecule has 0 saturated carbocycles. The number of nitrogens with two attached hydrogens (primary N) is 1. The molecule has 0 aliphatic heterocycles. The molecule has 0 heterocycles. The average Bonchev–Trinajstić information content (AvgIpc) is 2.46. The molecule has 1 unspecified atom stereocenters. The highest BCUT2D eigenvalue weighted by Crippen LogP contribution is 2.25. The second kappa shape index (κ2) is 6.24. The molecule has 0 radical (unpaired) electrons. The third-order valence-electron chi connectivity index (χ3n) is 3.56. The van der Waals surface area contributed by atoms with E-state index in [1.807, 2.05) is 62.4 Å². The van der Waals surface area contributed by atoms with Gasteiger partial charge in [0.15, 0.2) is 0 Å². The fourth-order valence-electron chi connectivity index (χ4n) is 2.27. The van der Waals surface area contributed by atoms with Crippen LogP contribution in [0.4, 0.5) is 11.4 Å². The van der Waals surface area contributed by atoms with Crippen LogP contribution in [0.5, 0.6) is 0 Å². The summed E-state index contributed by atoms with van der Waals surface area (Å²) >= 11 is 0. The van der Waals surface area contributed by atoms with Gasteiger partial charge >= 0.3 is 0 Å². The maximum Gasteiger partial charge on any atom is 0.231 e. The van der Waals surface area contributed by atoms with E-state index in [-0.39, 0.29) is 11.8 Å². The second-order valence-electron chi connectivity index (χ2n) is 4.88. The molecule has 3 nitrogen and oxygen atoms in total. The van der Waals surface area contributed by atoms with Crippen LogP contribution in [0.2, 0.25) is 0 Å². The lowest BCUT2D eigenvalue weighted by Crippen LogP contribution is -2.21. The van der Waals surface area contributed by atoms with Crippen LogP contribution in [0.25, 0.3) is 0 Å². The van der Waals surface area contributed by atoms with Crippen molar-refractivity contribution in [3.05, 3.63) is 59.7 Å². The lowest BCUT2D eigenvalue weighted by Gasteiger charge is -2.17. The van der Waals surface area contributed by atoms with E-state index >= 15 is 0 Å². The Morgan fingerprint density at radius 3 is 2.50 bits per heavy atom. The first-order valence-corrected chi connectivity index (χ1v) is 6.84. The van der Waals surface area contributed by atoms with E-state index in [2.05, 4.69) is 5.32 Å². The quantitative estimate of drug-likeness (QED) is 0.830. The largest absolute Gasteiger partial charge is 0.398 e. The Kier molecular flexibility index (Phi) is 4.41. The van der Waals surface area contributed by atoms with Crippen molar-refractivity contribution in [1.29, 1.82) is 0 Å². The van der Waals surface area contributed by atoms with Crippen molar-refractivity contribution in [2.75, 3.05) is 11.1 Å². The molecule has 3 heteroatoms. The molecular formula is C17H20N2O. The van der Waals surface area contributed by atoms with Crippen LogP contribution in [0, 0.1) is 6.92 Å². The van der Waals surface area contributed by atoms with Gasteiger partial charge in [-0.2, -0.15) is 0 Å². The maximum absolute atomic E-state index is 12.5. The third-order valence-corrected chi connectivity index (χ3v) is 3.56. The van der Waals surface area contributed by atoms with E-state index in [1.54, 1.807) is 0 Å². The zero-order valence-electron chi connectivity index (χ0n) is 11.9. The number of anilines is 2. The molecule has 0 bridgehead atoms. The highest BCUT2D eigenvalue weighted by molar-refractivity contribution is 5.97. The monoisotopic (exact) mass is 268 g/mol. The predicted molar refractivity (Wildman–Crippen MR) is 83.7 cm³/mol. The van der Waals surface area contributed by atoms with Crippen molar-refractivity contribution < 1.29 is 4.79 Å². The van der Waals surface area contributed by atoms with E-state index in [0.717, 1.165) is 23.2 Å². The Bertz CT molecular complexity index is 593. The molecule has 0 spiro atoms. The lowest BCUT2D eigenvalue weighted by atomic mass is 9.95. The number of rotatable bonds is 4. The first kappa shape index (κ1) is 14.1.